The largest absolute Gasteiger partial charge is 0.488 e. The van der Waals surface area contributed by atoms with Crippen LogP contribution in [-0.4, -0.2) is 39.5 Å². The van der Waals surface area contributed by atoms with Gasteiger partial charge in [-0.3, -0.25) is 0 Å². The fourth-order valence-electron chi connectivity index (χ4n) is 3.70. The van der Waals surface area contributed by atoms with E-state index in [1.165, 1.54) is 6.20 Å². The molecule has 0 spiro atoms. The van der Waals surface area contributed by atoms with Gasteiger partial charge < -0.3 is 15.4 Å². The second-order valence-electron chi connectivity index (χ2n) is 8.10. The fourth-order valence-corrected chi connectivity index (χ4v) is 3.70. The third-order valence-corrected chi connectivity index (χ3v) is 5.81. The molecule has 0 fully saturated rings. The molecule has 37 heavy (non-hydrogen) atoms. The number of nitrogens with two attached hydrogens (primary N) is 1. The van der Waals surface area contributed by atoms with E-state index in [4.69, 9.17) is 10.5 Å². The van der Waals surface area contributed by atoms with Gasteiger partial charge in [0.15, 0.2) is 11.6 Å². The van der Waals surface area contributed by atoms with Crippen LogP contribution in [0.3, 0.4) is 0 Å². The predicted molar refractivity (Wildman–Crippen MR) is 141 cm³/mol. The van der Waals surface area contributed by atoms with E-state index in [9.17, 15) is 9.65 Å². The molecule has 0 amide bonds. The number of hydrogen-bond acceptors (Lipinski definition) is 8. The molecule has 0 radical (unpaired) electrons. The number of anilines is 1. The predicted octanol–water partition coefficient (Wildman–Crippen LogP) is 4.90. The van der Waals surface area contributed by atoms with E-state index in [0.29, 0.717) is 29.3 Å². The quantitative estimate of drug-likeness (QED) is 0.259. The number of halogens is 1. The average Bonchev–Trinajstić information content (AvgIpc) is 3.37. The van der Waals surface area contributed by atoms with Gasteiger partial charge in [-0.15, -0.1) is 0 Å². The number of aromatic nitrogens is 4. The Balaban J connectivity index is 1.59. The highest BCUT2D eigenvalue weighted by molar-refractivity contribution is 5.85. The number of hydrogen-bond donors (Lipinski definition) is 1. The molecular formula is C27H25FN8O. The molecule has 4 heterocycles. The number of pyridine rings is 3. The van der Waals surface area contributed by atoms with Gasteiger partial charge in [-0.05, 0) is 36.8 Å². The van der Waals surface area contributed by atoms with Gasteiger partial charge in [0.05, 0.1) is 35.7 Å². The van der Waals surface area contributed by atoms with E-state index in [1.54, 1.807) is 35.2 Å². The number of aliphatic imine (C=N–C) groups is 1. The summed E-state index contributed by atoms with van der Waals surface area (Å²) in [5.74, 6) is 1.09. The highest BCUT2D eigenvalue weighted by Gasteiger charge is 2.17. The lowest BCUT2D eigenvalue weighted by Gasteiger charge is -2.26. The van der Waals surface area contributed by atoms with Crippen molar-refractivity contribution in [3.63, 3.8) is 0 Å². The van der Waals surface area contributed by atoms with Crippen molar-refractivity contribution in [3.8, 4) is 22.9 Å². The summed E-state index contributed by atoms with van der Waals surface area (Å²) in [5.41, 5.74) is 8.78. The summed E-state index contributed by atoms with van der Waals surface area (Å²) in [6.45, 7) is 6.06. The Labute approximate surface area is 213 Å². The van der Waals surface area contributed by atoms with Gasteiger partial charge in [-0.25, -0.2) is 23.9 Å². The summed E-state index contributed by atoms with van der Waals surface area (Å²) < 4.78 is 20.5. The molecule has 1 unspecified atom stereocenters. The van der Waals surface area contributed by atoms with Crippen LogP contribution in [0.5, 0.6) is 5.75 Å². The summed E-state index contributed by atoms with van der Waals surface area (Å²) >= 11 is 0. The lowest BCUT2D eigenvalue weighted by Crippen LogP contribution is -2.22. The smallest absolute Gasteiger partial charge is 0.156 e. The third-order valence-electron chi connectivity index (χ3n) is 5.81. The molecule has 2 N–H and O–H groups in total. The lowest BCUT2D eigenvalue weighted by atomic mass is 10.0. The van der Waals surface area contributed by atoms with Crippen molar-refractivity contribution < 1.29 is 9.13 Å². The molecule has 0 aliphatic carbocycles. The molecule has 1 atom stereocenters. The van der Waals surface area contributed by atoms with Crippen LogP contribution in [0.15, 0.2) is 84.8 Å². The van der Waals surface area contributed by atoms with Gasteiger partial charge in [0.25, 0.3) is 0 Å². The molecule has 4 rings (SSSR count). The van der Waals surface area contributed by atoms with Crippen molar-refractivity contribution in [2.24, 2.45) is 10.7 Å². The van der Waals surface area contributed by atoms with E-state index in [-0.39, 0.29) is 6.04 Å². The van der Waals surface area contributed by atoms with Gasteiger partial charge in [0.2, 0.25) is 0 Å². The molecule has 0 saturated carbocycles. The minimum absolute atomic E-state index is 0.0492. The second kappa shape index (κ2) is 11.1. The highest BCUT2D eigenvalue weighted by atomic mass is 19.1. The fraction of sp³-hybridized carbons (Fsp3) is 0.148. The normalized spacial score (nSPS) is 12.4. The first kappa shape index (κ1) is 25.1. The SMILES string of the molecule is C=CCOc1cc(-c2ccc(N(C)C(C)c3ccc(N=CC(F)=CN)nc3)nc2)c2c(C#N)cnn2c1. The number of rotatable bonds is 9. The van der Waals surface area contributed by atoms with Gasteiger partial charge in [0.1, 0.15) is 24.2 Å². The zero-order valence-electron chi connectivity index (χ0n) is 20.4. The maximum Gasteiger partial charge on any atom is 0.156 e. The summed E-state index contributed by atoms with van der Waals surface area (Å²) in [6.07, 6.45) is 10.2. The van der Waals surface area contributed by atoms with Crippen molar-refractivity contribution in [2.45, 2.75) is 13.0 Å². The Morgan fingerprint density at radius 1 is 1.30 bits per heavy atom. The molecule has 4 aromatic heterocycles. The Morgan fingerprint density at radius 2 is 2.14 bits per heavy atom. The first-order chi connectivity index (χ1) is 17.9. The molecular weight excluding hydrogens is 471 g/mol. The topological polar surface area (TPSA) is 118 Å². The molecule has 186 valence electrons. The zero-order chi connectivity index (χ0) is 26.4. The van der Waals surface area contributed by atoms with E-state index in [1.807, 2.05) is 43.1 Å². The molecule has 9 nitrogen and oxygen atoms in total. The van der Waals surface area contributed by atoms with Crippen molar-refractivity contribution >= 4 is 23.4 Å². The van der Waals surface area contributed by atoms with Crippen molar-refractivity contribution in [2.75, 3.05) is 18.6 Å². The lowest BCUT2D eigenvalue weighted by molar-refractivity contribution is 0.361. The molecule has 0 aliphatic heterocycles. The van der Waals surface area contributed by atoms with Gasteiger partial charge in [-0.2, -0.15) is 10.4 Å². The first-order valence-electron chi connectivity index (χ1n) is 11.4. The van der Waals surface area contributed by atoms with Crippen LogP contribution in [0, 0.1) is 11.3 Å². The summed E-state index contributed by atoms with van der Waals surface area (Å²) in [5, 5.41) is 13.9. The van der Waals surface area contributed by atoms with Crippen LogP contribution < -0.4 is 15.4 Å². The molecule has 0 saturated heterocycles. The zero-order valence-corrected chi connectivity index (χ0v) is 20.4. The first-order valence-corrected chi connectivity index (χ1v) is 11.4. The summed E-state index contributed by atoms with van der Waals surface area (Å²) in [6, 6.07) is 11.5. The van der Waals surface area contributed by atoms with Crippen LogP contribution in [-0.2, 0) is 0 Å². The highest BCUT2D eigenvalue weighted by Crippen LogP contribution is 2.32. The Hall–Kier alpha value is -5.04. The number of nitriles is 1. The van der Waals surface area contributed by atoms with Crippen LogP contribution in [0.4, 0.5) is 16.0 Å². The number of ether oxygens (including phenoxy) is 1. The maximum atomic E-state index is 13.1. The van der Waals surface area contributed by atoms with Crippen molar-refractivity contribution in [1.82, 2.24) is 19.6 Å². The van der Waals surface area contributed by atoms with Crippen molar-refractivity contribution in [1.29, 1.82) is 5.26 Å². The molecule has 10 heteroatoms. The second-order valence-corrected chi connectivity index (χ2v) is 8.10. The average molecular weight is 497 g/mol. The van der Waals surface area contributed by atoms with E-state index >= 15 is 0 Å². The monoisotopic (exact) mass is 496 g/mol. The van der Waals surface area contributed by atoms with E-state index in [0.717, 1.165) is 34.9 Å². The number of allylic oxidation sites excluding steroid dienone is 1. The molecule has 4 aromatic rings. The van der Waals surface area contributed by atoms with E-state index < -0.39 is 5.83 Å². The van der Waals surface area contributed by atoms with Gasteiger partial charge in [0, 0.05) is 36.8 Å². The van der Waals surface area contributed by atoms with Crippen LogP contribution in [0.1, 0.15) is 24.1 Å². The Bertz CT molecular complexity index is 1500. The summed E-state index contributed by atoms with van der Waals surface area (Å²) in [4.78, 5) is 14.9. The minimum Gasteiger partial charge on any atom is -0.488 e. The van der Waals surface area contributed by atoms with Crippen LogP contribution in [0.2, 0.25) is 0 Å². The van der Waals surface area contributed by atoms with Gasteiger partial charge >= 0.3 is 0 Å². The number of fused-ring (bicyclic) bond motifs is 1. The van der Waals surface area contributed by atoms with E-state index in [2.05, 4.69) is 32.7 Å². The third kappa shape index (κ3) is 5.46. The number of nitrogens with zero attached hydrogens (tertiary/aromatic N) is 7. The Morgan fingerprint density at radius 3 is 2.78 bits per heavy atom. The van der Waals surface area contributed by atoms with Crippen molar-refractivity contribution in [3.05, 3.63) is 90.9 Å². The maximum absolute atomic E-state index is 13.1. The molecule has 0 aliphatic rings. The molecule has 0 aromatic carbocycles. The van der Waals surface area contributed by atoms with Crippen LogP contribution >= 0.6 is 0 Å². The summed E-state index contributed by atoms with van der Waals surface area (Å²) in [7, 11) is 1.94. The van der Waals surface area contributed by atoms with Crippen LogP contribution in [0.25, 0.3) is 16.6 Å². The minimum atomic E-state index is -0.637. The Kier molecular flexibility index (Phi) is 7.54. The molecule has 0 bridgehead atoms. The van der Waals surface area contributed by atoms with Gasteiger partial charge in [-0.1, -0.05) is 18.7 Å². The standard InChI is InChI=1S/C27H25FN8O/c1-4-9-37-23-10-24(27-21(11-29)15-34-36(27)17-23)20-6-8-26(33-14-20)35(3)18(2)19-5-7-25(31-13-19)32-16-22(28)12-30/h4-8,10,12-18H,1,9,30H2,2-3H3.